The van der Waals surface area contributed by atoms with Gasteiger partial charge in [-0.2, -0.15) is 0 Å². The summed E-state index contributed by atoms with van der Waals surface area (Å²) in [7, 11) is 2.26. The predicted octanol–water partition coefficient (Wildman–Crippen LogP) is 4.45. The molecule has 2 aromatic carbocycles. The van der Waals surface area contributed by atoms with E-state index < -0.39 is 0 Å². The van der Waals surface area contributed by atoms with Gasteiger partial charge in [0.2, 0.25) is 0 Å². The highest BCUT2D eigenvalue weighted by Crippen LogP contribution is 2.29. The van der Waals surface area contributed by atoms with Gasteiger partial charge in [0, 0.05) is 5.92 Å². The Kier molecular flexibility index (Phi) is 7.01. The molecule has 2 aromatic rings. The minimum atomic E-state index is -0.299. The Balaban J connectivity index is 2.17. The van der Waals surface area contributed by atoms with E-state index in [9.17, 15) is 5.11 Å². The second-order valence-electron chi connectivity index (χ2n) is 7.11. The summed E-state index contributed by atoms with van der Waals surface area (Å²) >= 11 is 0. The monoisotopic (exact) mass is 326 g/mol. The summed E-state index contributed by atoms with van der Waals surface area (Å²) < 4.78 is 0.938. The van der Waals surface area contributed by atoms with E-state index >= 15 is 0 Å². The molecule has 0 fully saturated rings. The fourth-order valence-electron chi connectivity index (χ4n) is 3.61. The van der Waals surface area contributed by atoms with Crippen molar-refractivity contribution in [2.24, 2.45) is 0 Å². The summed E-state index contributed by atoms with van der Waals surface area (Å²) in [4.78, 5) is 0. The van der Waals surface area contributed by atoms with Crippen LogP contribution in [0, 0.1) is 0 Å². The van der Waals surface area contributed by atoms with Crippen LogP contribution in [-0.2, 0) is 0 Å². The first-order valence-electron chi connectivity index (χ1n) is 9.19. The van der Waals surface area contributed by atoms with Crippen LogP contribution in [0.1, 0.15) is 43.7 Å². The summed E-state index contributed by atoms with van der Waals surface area (Å²) in [6, 6.07) is 21.1. The molecule has 0 amide bonds. The zero-order chi connectivity index (χ0) is 17.4. The van der Waals surface area contributed by atoms with E-state index in [2.05, 4.69) is 69.4 Å². The van der Waals surface area contributed by atoms with E-state index in [1.54, 1.807) is 0 Å². The molecule has 0 aliphatic heterocycles. The molecule has 2 heteroatoms. The highest BCUT2D eigenvalue weighted by molar-refractivity contribution is 5.32. The average molecular weight is 327 g/mol. The van der Waals surface area contributed by atoms with E-state index in [0.29, 0.717) is 0 Å². The number of hydrogen-bond donors (Lipinski definition) is 1. The van der Waals surface area contributed by atoms with Crippen molar-refractivity contribution in [3.05, 3.63) is 71.8 Å². The van der Waals surface area contributed by atoms with E-state index in [4.69, 9.17) is 0 Å². The fraction of sp³-hybridized carbons (Fsp3) is 0.455. The Bertz CT molecular complexity index is 544. The summed E-state index contributed by atoms with van der Waals surface area (Å²) in [6.45, 7) is 7.44. The van der Waals surface area contributed by atoms with Gasteiger partial charge in [0.25, 0.3) is 0 Å². The zero-order valence-corrected chi connectivity index (χ0v) is 15.4. The molecule has 1 N–H and O–H groups in total. The molecule has 0 aliphatic rings. The van der Waals surface area contributed by atoms with E-state index in [-0.39, 0.29) is 12.0 Å². The SMILES string of the molecule is CCC[N+](C)(CC)CC(O)CC(c1ccccc1)c1ccccc1. The Morgan fingerprint density at radius 2 is 1.38 bits per heavy atom. The second-order valence-corrected chi connectivity index (χ2v) is 7.11. The van der Waals surface area contributed by atoms with Crippen molar-refractivity contribution in [2.75, 3.05) is 26.7 Å². The van der Waals surface area contributed by atoms with Gasteiger partial charge in [-0.1, -0.05) is 67.6 Å². The van der Waals surface area contributed by atoms with E-state index in [1.807, 2.05) is 12.1 Å². The molecule has 0 aliphatic carbocycles. The van der Waals surface area contributed by atoms with Crippen LogP contribution in [0.4, 0.5) is 0 Å². The lowest BCUT2D eigenvalue weighted by Gasteiger charge is -2.35. The van der Waals surface area contributed by atoms with E-state index in [0.717, 1.165) is 37.0 Å². The summed E-state index contributed by atoms with van der Waals surface area (Å²) in [5, 5.41) is 10.8. The lowest BCUT2D eigenvalue weighted by atomic mass is 9.86. The van der Waals surface area contributed by atoms with Crippen LogP contribution in [-0.4, -0.2) is 42.4 Å². The Hall–Kier alpha value is -1.64. The highest BCUT2D eigenvalue weighted by atomic mass is 16.3. The number of benzene rings is 2. The van der Waals surface area contributed by atoms with Crippen molar-refractivity contribution in [2.45, 2.75) is 38.7 Å². The van der Waals surface area contributed by atoms with Gasteiger partial charge >= 0.3 is 0 Å². The van der Waals surface area contributed by atoms with Crippen LogP contribution in [0.15, 0.2) is 60.7 Å². The minimum Gasteiger partial charge on any atom is -0.387 e. The summed E-state index contributed by atoms with van der Waals surface area (Å²) in [6.07, 6.45) is 1.62. The van der Waals surface area contributed by atoms with Gasteiger partial charge in [-0.15, -0.1) is 0 Å². The van der Waals surface area contributed by atoms with Crippen molar-refractivity contribution >= 4 is 0 Å². The largest absolute Gasteiger partial charge is 0.387 e. The molecule has 24 heavy (non-hydrogen) atoms. The molecular formula is C22H32NO+. The molecule has 0 spiro atoms. The second kappa shape index (κ2) is 9.00. The Labute approximate surface area is 147 Å². The molecule has 0 heterocycles. The molecule has 2 rings (SSSR count). The van der Waals surface area contributed by atoms with Crippen molar-refractivity contribution in [1.29, 1.82) is 0 Å². The van der Waals surface area contributed by atoms with Gasteiger partial charge in [-0.05, 0) is 30.9 Å². The van der Waals surface area contributed by atoms with Crippen molar-refractivity contribution in [3.8, 4) is 0 Å². The third kappa shape index (κ3) is 5.19. The van der Waals surface area contributed by atoms with Crippen LogP contribution in [0.25, 0.3) is 0 Å². The van der Waals surface area contributed by atoms with Crippen LogP contribution in [0.3, 0.4) is 0 Å². The molecule has 2 nitrogen and oxygen atoms in total. The lowest BCUT2D eigenvalue weighted by Crippen LogP contribution is -2.49. The van der Waals surface area contributed by atoms with Crippen LogP contribution >= 0.6 is 0 Å². The molecule has 0 radical (unpaired) electrons. The number of nitrogens with zero attached hydrogens (tertiary/aromatic N) is 1. The number of rotatable bonds is 9. The van der Waals surface area contributed by atoms with Crippen molar-refractivity contribution < 1.29 is 9.59 Å². The number of likely N-dealkylation sites (N-methyl/N-ethyl adjacent to an activating group) is 1. The maximum Gasteiger partial charge on any atom is 0.105 e. The number of aliphatic hydroxyl groups is 1. The molecule has 130 valence electrons. The first-order valence-corrected chi connectivity index (χ1v) is 9.19. The summed E-state index contributed by atoms with van der Waals surface area (Å²) in [5.74, 6) is 0.245. The summed E-state index contributed by atoms with van der Waals surface area (Å²) in [5.41, 5.74) is 2.56. The molecule has 2 atom stereocenters. The molecule has 2 unspecified atom stereocenters. The number of quaternary nitrogens is 1. The van der Waals surface area contributed by atoms with Crippen molar-refractivity contribution in [1.82, 2.24) is 0 Å². The highest BCUT2D eigenvalue weighted by Gasteiger charge is 2.26. The quantitative estimate of drug-likeness (QED) is 0.675. The maximum atomic E-state index is 10.8. The molecule has 0 aromatic heterocycles. The Morgan fingerprint density at radius 3 is 1.79 bits per heavy atom. The minimum absolute atomic E-state index is 0.245. The van der Waals surface area contributed by atoms with Gasteiger partial charge in [-0.3, -0.25) is 0 Å². The first kappa shape index (κ1) is 18.7. The third-order valence-electron chi connectivity index (χ3n) is 5.09. The van der Waals surface area contributed by atoms with Gasteiger partial charge in [0.05, 0.1) is 20.1 Å². The standard InChI is InChI=1S/C22H32NO/c1-4-16-23(3,5-2)18-21(24)17-22(19-12-8-6-9-13-19)20-14-10-7-11-15-20/h6-15,21-22,24H,4-5,16-18H2,1-3H3/q+1. The predicted molar refractivity (Wildman–Crippen MR) is 102 cm³/mol. The van der Waals surface area contributed by atoms with Crippen LogP contribution < -0.4 is 0 Å². The molecule has 0 bridgehead atoms. The van der Waals surface area contributed by atoms with E-state index in [1.165, 1.54) is 11.1 Å². The third-order valence-corrected chi connectivity index (χ3v) is 5.09. The fourth-order valence-corrected chi connectivity index (χ4v) is 3.61. The molecular weight excluding hydrogens is 294 g/mol. The lowest BCUT2D eigenvalue weighted by molar-refractivity contribution is -0.910. The molecule has 0 saturated carbocycles. The number of aliphatic hydroxyl groups excluding tert-OH is 1. The Morgan fingerprint density at radius 1 is 0.875 bits per heavy atom. The van der Waals surface area contributed by atoms with Gasteiger partial charge in [0.15, 0.2) is 0 Å². The first-order chi connectivity index (χ1) is 11.6. The molecule has 0 saturated heterocycles. The van der Waals surface area contributed by atoms with Gasteiger partial charge in [-0.25, -0.2) is 0 Å². The van der Waals surface area contributed by atoms with Crippen LogP contribution in [0.5, 0.6) is 0 Å². The van der Waals surface area contributed by atoms with Crippen LogP contribution in [0.2, 0.25) is 0 Å². The van der Waals surface area contributed by atoms with Gasteiger partial charge in [0.1, 0.15) is 12.6 Å². The topological polar surface area (TPSA) is 20.2 Å². The number of hydrogen-bond acceptors (Lipinski definition) is 1. The smallest absolute Gasteiger partial charge is 0.105 e. The zero-order valence-electron chi connectivity index (χ0n) is 15.4. The van der Waals surface area contributed by atoms with Crippen molar-refractivity contribution in [3.63, 3.8) is 0 Å². The average Bonchev–Trinajstić information content (AvgIpc) is 2.61. The maximum absolute atomic E-state index is 10.8. The van der Waals surface area contributed by atoms with Gasteiger partial charge < -0.3 is 9.59 Å². The normalized spacial score (nSPS) is 15.2.